The molecule has 2 aliphatic rings. The lowest BCUT2D eigenvalue weighted by atomic mass is 9.90. The van der Waals surface area contributed by atoms with E-state index in [4.69, 9.17) is 32.7 Å². The summed E-state index contributed by atoms with van der Waals surface area (Å²) in [6.45, 7) is 4.31. The van der Waals surface area contributed by atoms with Crippen molar-refractivity contribution >= 4 is 40.8 Å². The molecule has 1 aliphatic heterocycles. The van der Waals surface area contributed by atoms with Crippen molar-refractivity contribution in [3.8, 4) is 5.69 Å². The number of aromatic nitrogens is 2. The second-order valence-electron chi connectivity index (χ2n) is 9.20. The number of hydrogen-bond acceptors (Lipinski definition) is 4. The Hall–Kier alpha value is -2.54. The monoisotopic (exact) mass is 498 g/mol. The molecule has 1 aliphatic carbocycles. The third-order valence-corrected chi connectivity index (χ3v) is 7.34. The van der Waals surface area contributed by atoms with Crippen molar-refractivity contribution in [3.63, 3.8) is 0 Å². The highest BCUT2D eigenvalue weighted by atomic mass is 35.5. The molecule has 178 valence electrons. The molecule has 1 aromatic carbocycles. The number of fused-ring (bicyclic) bond motifs is 1. The summed E-state index contributed by atoms with van der Waals surface area (Å²) in [4.78, 5) is 13.6. The van der Waals surface area contributed by atoms with Gasteiger partial charge >= 0.3 is 0 Å². The summed E-state index contributed by atoms with van der Waals surface area (Å²) in [5.41, 5.74) is 7.19. The smallest absolute Gasteiger partial charge is 0.286 e. The van der Waals surface area contributed by atoms with Gasteiger partial charge in [-0.05, 0) is 87.9 Å². The number of halogens is 2. The fourth-order valence-electron chi connectivity index (χ4n) is 5.10. The molecule has 1 saturated heterocycles. The minimum absolute atomic E-state index is 0.181. The topological polar surface area (TPSA) is 63.3 Å². The predicted octanol–water partition coefficient (Wildman–Crippen LogP) is 6.56. The van der Waals surface area contributed by atoms with Gasteiger partial charge in [-0.25, -0.2) is 9.69 Å². The number of rotatable bonds is 4. The quantitative estimate of drug-likeness (QED) is 0.442. The van der Waals surface area contributed by atoms with E-state index < -0.39 is 0 Å². The van der Waals surface area contributed by atoms with Gasteiger partial charge in [0.15, 0.2) is 5.69 Å². The molecule has 34 heavy (non-hydrogen) atoms. The summed E-state index contributed by atoms with van der Waals surface area (Å²) in [6.07, 6.45) is 9.53. The van der Waals surface area contributed by atoms with Crippen LogP contribution in [-0.2, 0) is 6.42 Å². The molecule has 6 nitrogen and oxygen atoms in total. The van der Waals surface area contributed by atoms with E-state index in [2.05, 4.69) is 24.3 Å². The molecule has 0 spiro atoms. The van der Waals surface area contributed by atoms with Gasteiger partial charge < -0.3 is 4.42 Å². The molecule has 3 heterocycles. The van der Waals surface area contributed by atoms with Crippen LogP contribution < -0.4 is 5.43 Å². The standard InChI is InChI=1S/C26H28Cl2N4O2/c1-16-6-3-7-17(2)31(16)30-26(33)24-21-10-4-8-18(14-20-9-5-13-34-20)25(21)32(29-24)23-12-11-19(27)15-22(23)28/h5,9,11-17H,3-4,6-8,10H2,1-2H3,(H,30,33). The molecule has 5 rings (SSSR count). The van der Waals surface area contributed by atoms with Gasteiger partial charge in [-0.15, -0.1) is 0 Å². The molecule has 0 saturated carbocycles. The molecular weight excluding hydrogens is 471 g/mol. The molecule has 1 amide bonds. The SMILES string of the molecule is CC1CCCC(C)N1NC(=O)c1nn(-c2ccc(Cl)cc2Cl)c2c1CCCC2=Cc1ccco1. The van der Waals surface area contributed by atoms with Gasteiger partial charge in [0.05, 0.1) is 22.7 Å². The van der Waals surface area contributed by atoms with Crippen LogP contribution in [0.1, 0.15) is 73.5 Å². The van der Waals surface area contributed by atoms with Crippen LogP contribution in [0.3, 0.4) is 0 Å². The fraction of sp³-hybridized carbons (Fsp3) is 0.385. The number of carbonyl (C=O) groups excluding carboxylic acids is 1. The van der Waals surface area contributed by atoms with Crippen molar-refractivity contribution in [2.24, 2.45) is 0 Å². The van der Waals surface area contributed by atoms with Gasteiger partial charge in [0, 0.05) is 22.7 Å². The molecule has 1 fully saturated rings. The highest BCUT2D eigenvalue weighted by Gasteiger charge is 2.32. The van der Waals surface area contributed by atoms with E-state index in [1.165, 1.54) is 6.42 Å². The zero-order chi connectivity index (χ0) is 23.8. The first-order chi connectivity index (χ1) is 16.4. The first-order valence-electron chi connectivity index (χ1n) is 11.8. The van der Waals surface area contributed by atoms with E-state index in [0.29, 0.717) is 21.4 Å². The van der Waals surface area contributed by atoms with E-state index in [1.807, 2.05) is 24.3 Å². The Kier molecular flexibility index (Phi) is 6.56. The molecule has 8 heteroatoms. The Morgan fingerprint density at radius 3 is 2.65 bits per heavy atom. The summed E-state index contributed by atoms with van der Waals surface area (Å²) in [6, 6.07) is 9.67. The third-order valence-electron chi connectivity index (χ3n) is 6.80. The Bertz CT molecular complexity index is 1220. The number of amides is 1. The van der Waals surface area contributed by atoms with Crippen molar-refractivity contribution in [1.29, 1.82) is 0 Å². The number of furan rings is 1. The zero-order valence-electron chi connectivity index (χ0n) is 19.4. The molecule has 2 atom stereocenters. The lowest BCUT2D eigenvalue weighted by Crippen LogP contribution is -2.54. The number of hydrogen-bond donors (Lipinski definition) is 1. The Labute approximate surface area is 209 Å². The van der Waals surface area contributed by atoms with Gasteiger partial charge in [0.1, 0.15) is 5.76 Å². The van der Waals surface area contributed by atoms with E-state index in [0.717, 1.165) is 54.7 Å². The van der Waals surface area contributed by atoms with Crippen LogP contribution >= 0.6 is 23.2 Å². The van der Waals surface area contributed by atoms with Crippen LogP contribution in [0.15, 0.2) is 41.0 Å². The molecule has 1 N–H and O–H groups in total. The first kappa shape index (κ1) is 23.2. The molecule has 0 bridgehead atoms. The van der Waals surface area contributed by atoms with Crippen LogP contribution in [0, 0.1) is 0 Å². The molecule has 3 aromatic rings. The largest absolute Gasteiger partial charge is 0.465 e. The molecular formula is C26H28Cl2N4O2. The Balaban J connectivity index is 1.61. The number of carbonyl (C=O) groups is 1. The first-order valence-corrected chi connectivity index (χ1v) is 12.6. The van der Waals surface area contributed by atoms with Gasteiger partial charge in [0.2, 0.25) is 0 Å². The summed E-state index contributed by atoms with van der Waals surface area (Å²) in [7, 11) is 0. The number of piperidine rings is 1. The number of benzene rings is 1. The number of nitrogens with zero attached hydrogens (tertiary/aromatic N) is 3. The van der Waals surface area contributed by atoms with Crippen molar-refractivity contribution in [2.75, 3.05) is 0 Å². The van der Waals surface area contributed by atoms with Crippen LogP contribution in [0.4, 0.5) is 0 Å². The van der Waals surface area contributed by atoms with Crippen LogP contribution in [0.2, 0.25) is 10.0 Å². The Morgan fingerprint density at radius 2 is 1.94 bits per heavy atom. The second kappa shape index (κ2) is 9.61. The molecule has 0 radical (unpaired) electrons. The van der Waals surface area contributed by atoms with Gasteiger partial charge in [-0.3, -0.25) is 10.2 Å². The molecule has 2 unspecified atom stereocenters. The lowest BCUT2D eigenvalue weighted by molar-refractivity contribution is 0.0365. The summed E-state index contributed by atoms with van der Waals surface area (Å²) in [5, 5.41) is 7.93. The summed E-state index contributed by atoms with van der Waals surface area (Å²) in [5.74, 6) is 0.583. The average molecular weight is 499 g/mol. The van der Waals surface area contributed by atoms with Crippen LogP contribution in [-0.4, -0.2) is 32.8 Å². The predicted molar refractivity (Wildman–Crippen MR) is 135 cm³/mol. The maximum absolute atomic E-state index is 13.6. The van der Waals surface area contributed by atoms with E-state index >= 15 is 0 Å². The van der Waals surface area contributed by atoms with Crippen LogP contribution in [0.25, 0.3) is 17.3 Å². The highest BCUT2D eigenvalue weighted by Crippen LogP contribution is 2.37. The van der Waals surface area contributed by atoms with Crippen molar-refractivity contribution < 1.29 is 9.21 Å². The summed E-state index contributed by atoms with van der Waals surface area (Å²) >= 11 is 12.7. The third kappa shape index (κ3) is 4.42. The minimum atomic E-state index is -0.181. The van der Waals surface area contributed by atoms with Crippen molar-refractivity contribution in [3.05, 3.63) is 69.4 Å². The normalized spacial score (nSPS) is 22.1. The van der Waals surface area contributed by atoms with Gasteiger partial charge in [-0.1, -0.05) is 29.6 Å². The van der Waals surface area contributed by atoms with E-state index in [9.17, 15) is 4.79 Å². The lowest BCUT2D eigenvalue weighted by Gasteiger charge is -2.38. The average Bonchev–Trinajstić information content (AvgIpc) is 3.45. The van der Waals surface area contributed by atoms with Crippen molar-refractivity contribution in [2.45, 2.75) is 64.5 Å². The fourth-order valence-corrected chi connectivity index (χ4v) is 5.59. The van der Waals surface area contributed by atoms with Gasteiger partial charge in [0.25, 0.3) is 5.91 Å². The maximum atomic E-state index is 13.6. The van der Waals surface area contributed by atoms with E-state index in [-0.39, 0.29) is 18.0 Å². The maximum Gasteiger partial charge on any atom is 0.286 e. The Morgan fingerprint density at radius 1 is 1.15 bits per heavy atom. The summed E-state index contributed by atoms with van der Waals surface area (Å²) < 4.78 is 7.37. The van der Waals surface area contributed by atoms with Gasteiger partial charge in [-0.2, -0.15) is 5.10 Å². The zero-order valence-corrected chi connectivity index (χ0v) is 20.9. The van der Waals surface area contributed by atoms with Crippen LogP contribution in [0.5, 0.6) is 0 Å². The van der Waals surface area contributed by atoms with Crippen molar-refractivity contribution in [1.82, 2.24) is 20.2 Å². The molecule has 2 aromatic heterocycles. The number of allylic oxidation sites excluding steroid dienone is 1. The van der Waals surface area contributed by atoms with E-state index in [1.54, 1.807) is 23.1 Å². The number of hydrazine groups is 1. The number of nitrogens with one attached hydrogen (secondary N) is 1. The minimum Gasteiger partial charge on any atom is -0.465 e. The highest BCUT2D eigenvalue weighted by molar-refractivity contribution is 6.35. The second-order valence-corrected chi connectivity index (χ2v) is 10.0.